The molecule has 0 unspecified atom stereocenters. The number of hydrogen-bond donors (Lipinski definition) is 1. The Labute approximate surface area is 135 Å². The molecule has 116 valence electrons. The molecule has 2 aromatic carbocycles. The summed E-state index contributed by atoms with van der Waals surface area (Å²) in [5.41, 5.74) is 1.13. The van der Waals surface area contributed by atoms with Crippen molar-refractivity contribution in [3.05, 3.63) is 64.2 Å². The third kappa shape index (κ3) is 2.64. The topological polar surface area (TPSA) is 50.2 Å². The molecule has 3 nitrogen and oxygen atoms in total. The minimum atomic E-state index is -1.20. The number of halogens is 3. The van der Waals surface area contributed by atoms with E-state index in [0.717, 1.165) is 12.1 Å². The fourth-order valence-corrected chi connectivity index (χ4v) is 2.69. The molecule has 1 N–H and O–H groups in total. The van der Waals surface area contributed by atoms with Gasteiger partial charge in [-0.1, -0.05) is 17.7 Å². The Morgan fingerprint density at radius 1 is 1.17 bits per heavy atom. The minimum Gasteiger partial charge on any atom is -0.478 e. The molecule has 0 saturated carbocycles. The quantitative estimate of drug-likeness (QED) is 0.730. The maximum atomic E-state index is 14.0. The Hall–Kier alpha value is -2.53. The van der Waals surface area contributed by atoms with E-state index in [4.69, 9.17) is 11.6 Å². The van der Waals surface area contributed by atoms with Crippen LogP contribution in [0.3, 0.4) is 0 Å². The van der Waals surface area contributed by atoms with Gasteiger partial charge in [0.2, 0.25) is 0 Å². The summed E-state index contributed by atoms with van der Waals surface area (Å²) in [5, 5.41) is 9.99. The molecule has 1 aromatic heterocycles. The molecule has 0 amide bonds. The molecule has 3 aromatic rings. The van der Waals surface area contributed by atoms with Gasteiger partial charge in [-0.15, -0.1) is 0 Å². The molecule has 23 heavy (non-hydrogen) atoms. The summed E-state index contributed by atoms with van der Waals surface area (Å²) in [4.78, 5) is 15.9. The number of benzene rings is 2. The summed E-state index contributed by atoms with van der Waals surface area (Å²) >= 11 is 6.10. The zero-order valence-corrected chi connectivity index (χ0v) is 12.7. The fraction of sp³-hybridized carbons (Fsp3) is 0.0588. The average Bonchev–Trinajstić information content (AvgIpc) is 2.50. The number of carboxylic acids is 1. The first-order valence-electron chi connectivity index (χ1n) is 6.67. The van der Waals surface area contributed by atoms with Crippen molar-refractivity contribution in [1.29, 1.82) is 0 Å². The van der Waals surface area contributed by atoms with Crippen molar-refractivity contribution in [2.24, 2.45) is 0 Å². The average molecular weight is 334 g/mol. The predicted molar refractivity (Wildman–Crippen MR) is 83.8 cm³/mol. The molecule has 6 heteroatoms. The van der Waals surface area contributed by atoms with Gasteiger partial charge in [0.1, 0.15) is 11.6 Å². The monoisotopic (exact) mass is 333 g/mol. The van der Waals surface area contributed by atoms with Gasteiger partial charge in [0.25, 0.3) is 0 Å². The van der Waals surface area contributed by atoms with Crippen molar-refractivity contribution < 1.29 is 18.7 Å². The molecule has 0 aliphatic heterocycles. The number of hydrogen-bond acceptors (Lipinski definition) is 2. The second-order valence-corrected chi connectivity index (χ2v) is 5.48. The molecule has 0 saturated heterocycles. The number of aryl methyl sites for hydroxylation is 1. The molecule has 0 radical (unpaired) electrons. The van der Waals surface area contributed by atoms with Crippen LogP contribution in [0.2, 0.25) is 5.02 Å². The number of fused-ring (bicyclic) bond motifs is 1. The second-order valence-electron chi connectivity index (χ2n) is 5.07. The van der Waals surface area contributed by atoms with Crippen molar-refractivity contribution in [2.45, 2.75) is 6.92 Å². The molecule has 0 spiro atoms. The highest BCUT2D eigenvalue weighted by Gasteiger charge is 2.18. The van der Waals surface area contributed by atoms with Crippen molar-refractivity contribution in [3.8, 4) is 11.3 Å². The number of aromatic nitrogens is 1. The normalized spacial score (nSPS) is 11.0. The standard InChI is InChI=1S/C17H10ClF2NO2/c1-8-2-5-12(18)15-11(17(22)23)7-14(21-16(8)15)10-4-3-9(19)6-13(10)20/h2-7H,1H3,(H,22,23). The minimum absolute atomic E-state index is 0.0233. The Bertz CT molecular complexity index is 957. The highest BCUT2D eigenvalue weighted by Crippen LogP contribution is 2.32. The lowest BCUT2D eigenvalue weighted by molar-refractivity contribution is 0.0699. The van der Waals surface area contributed by atoms with E-state index in [1.54, 1.807) is 19.1 Å². The van der Waals surface area contributed by atoms with Gasteiger partial charge in [0.15, 0.2) is 0 Å². The van der Waals surface area contributed by atoms with Gasteiger partial charge in [-0.3, -0.25) is 0 Å². The summed E-state index contributed by atoms with van der Waals surface area (Å²) < 4.78 is 27.1. The van der Waals surface area contributed by atoms with Crippen LogP contribution in [-0.4, -0.2) is 16.1 Å². The van der Waals surface area contributed by atoms with Gasteiger partial charge in [-0.2, -0.15) is 0 Å². The van der Waals surface area contributed by atoms with Crippen molar-refractivity contribution in [3.63, 3.8) is 0 Å². The molecule has 0 bridgehead atoms. The van der Waals surface area contributed by atoms with Crippen LogP contribution in [0.1, 0.15) is 15.9 Å². The molecule has 0 atom stereocenters. The zero-order valence-electron chi connectivity index (χ0n) is 11.9. The molecule has 3 rings (SSSR count). The predicted octanol–water partition coefficient (Wildman–Crippen LogP) is 4.84. The van der Waals surface area contributed by atoms with Crippen LogP contribution >= 0.6 is 11.6 Å². The van der Waals surface area contributed by atoms with Crippen LogP contribution in [0.15, 0.2) is 36.4 Å². The number of nitrogens with zero attached hydrogens (tertiary/aromatic N) is 1. The third-order valence-electron chi connectivity index (χ3n) is 3.55. The van der Waals surface area contributed by atoms with E-state index in [0.29, 0.717) is 16.5 Å². The van der Waals surface area contributed by atoms with Gasteiger partial charge >= 0.3 is 5.97 Å². The van der Waals surface area contributed by atoms with Gasteiger partial charge in [-0.05, 0) is 36.8 Å². The lowest BCUT2D eigenvalue weighted by atomic mass is 10.0. The number of carboxylic acid groups (broad SMARTS) is 1. The Balaban J connectivity index is 2.40. The van der Waals surface area contributed by atoms with Crippen LogP contribution in [0.4, 0.5) is 8.78 Å². The Morgan fingerprint density at radius 2 is 1.91 bits per heavy atom. The molecular formula is C17H10ClF2NO2. The SMILES string of the molecule is Cc1ccc(Cl)c2c(C(=O)O)cc(-c3ccc(F)cc3F)nc12. The largest absolute Gasteiger partial charge is 0.478 e. The van der Waals surface area contributed by atoms with Crippen molar-refractivity contribution in [2.75, 3.05) is 0 Å². The van der Waals surface area contributed by atoms with Crippen LogP contribution in [0.25, 0.3) is 22.2 Å². The van der Waals surface area contributed by atoms with E-state index in [9.17, 15) is 18.7 Å². The Morgan fingerprint density at radius 3 is 2.57 bits per heavy atom. The van der Waals surface area contributed by atoms with Gasteiger partial charge < -0.3 is 5.11 Å². The number of aromatic carboxylic acids is 1. The molecular weight excluding hydrogens is 324 g/mol. The lowest BCUT2D eigenvalue weighted by Gasteiger charge is -2.11. The molecule has 0 aliphatic carbocycles. The fourth-order valence-electron chi connectivity index (χ4n) is 2.44. The smallest absolute Gasteiger partial charge is 0.336 e. The van der Waals surface area contributed by atoms with Gasteiger partial charge in [-0.25, -0.2) is 18.6 Å². The van der Waals surface area contributed by atoms with Crippen LogP contribution < -0.4 is 0 Å². The van der Waals surface area contributed by atoms with E-state index in [1.165, 1.54) is 12.1 Å². The third-order valence-corrected chi connectivity index (χ3v) is 3.86. The maximum absolute atomic E-state index is 14.0. The van der Waals surface area contributed by atoms with E-state index in [-0.39, 0.29) is 21.8 Å². The van der Waals surface area contributed by atoms with Gasteiger partial charge in [0.05, 0.1) is 21.8 Å². The summed E-state index contributed by atoms with van der Waals surface area (Å²) in [5.74, 6) is -2.73. The second kappa shape index (κ2) is 5.59. The highest BCUT2D eigenvalue weighted by molar-refractivity contribution is 6.36. The summed E-state index contributed by atoms with van der Waals surface area (Å²) in [6, 6.07) is 7.58. The van der Waals surface area contributed by atoms with Crippen molar-refractivity contribution >= 4 is 28.5 Å². The van der Waals surface area contributed by atoms with E-state index >= 15 is 0 Å². The first-order valence-corrected chi connectivity index (χ1v) is 7.05. The molecule has 0 aliphatic rings. The first kappa shape index (κ1) is 15.4. The summed E-state index contributed by atoms with van der Waals surface area (Å²) in [7, 11) is 0. The van der Waals surface area contributed by atoms with Crippen molar-refractivity contribution in [1.82, 2.24) is 4.98 Å². The molecule has 1 heterocycles. The van der Waals surface area contributed by atoms with E-state index in [2.05, 4.69) is 4.98 Å². The lowest BCUT2D eigenvalue weighted by Crippen LogP contribution is -2.02. The van der Waals surface area contributed by atoms with E-state index < -0.39 is 17.6 Å². The summed E-state index contributed by atoms with van der Waals surface area (Å²) in [6.07, 6.45) is 0. The highest BCUT2D eigenvalue weighted by atomic mass is 35.5. The summed E-state index contributed by atoms with van der Waals surface area (Å²) in [6.45, 7) is 1.75. The Kier molecular flexibility index (Phi) is 3.74. The zero-order chi connectivity index (χ0) is 16.7. The van der Waals surface area contributed by atoms with Crippen LogP contribution in [0.5, 0.6) is 0 Å². The number of carbonyl (C=O) groups is 1. The maximum Gasteiger partial charge on any atom is 0.336 e. The van der Waals surface area contributed by atoms with Crippen LogP contribution in [-0.2, 0) is 0 Å². The van der Waals surface area contributed by atoms with E-state index in [1.807, 2.05) is 0 Å². The number of pyridine rings is 1. The van der Waals surface area contributed by atoms with Gasteiger partial charge in [0, 0.05) is 17.0 Å². The van der Waals surface area contributed by atoms with Crippen LogP contribution in [0, 0.1) is 18.6 Å². The number of rotatable bonds is 2. The first-order chi connectivity index (χ1) is 10.9. The molecule has 0 fully saturated rings.